The van der Waals surface area contributed by atoms with Crippen LogP contribution in [0.4, 0.5) is 0 Å². The van der Waals surface area contributed by atoms with Crippen LogP contribution in [0.15, 0.2) is 21.9 Å². The SMILES string of the molecule is C[Si](C)(C)C#C/C=C/c1cn([C@H]2C[C@@H](O)[C@@H](CO)O2)c(=O)[nH]c1=O. The van der Waals surface area contributed by atoms with E-state index < -0.39 is 37.8 Å². The molecule has 130 valence electrons. The van der Waals surface area contributed by atoms with Gasteiger partial charge in [-0.25, -0.2) is 4.79 Å². The molecule has 2 heterocycles. The quantitative estimate of drug-likeness (QED) is 0.529. The number of hydrogen-bond donors (Lipinski definition) is 3. The molecule has 1 fully saturated rings. The van der Waals surface area contributed by atoms with Gasteiger partial charge in [-0.3, -0.25) is 14.3 Å². The fourth-order valence-corrected chi connectivity index (χ4v) is 2.79. The van der Waals surface area contributed by atoms with Crippen LogP contribution in [0, 0.1) is 11.5 Å². The van der Waals surface area contributed by atoms with Crippen molar-refractivity contribution in [3.8, 4) is 11.5 Å². The van der Waals surface area contributed by atoms with E-state index in [1.54, 1.807) is 6.08 Å². The van der Waals surface area contributed by atoms with E-state index in [1.807, 2.05) is 0 Å². The summed E-state index contributed by atoms with van der Waals surface area (Å²) in [5, 5.41) is 18.9. The number of allylic oxidation sites excluding steroid dienone is 1. The number of aliphatic hydroxyl groups excluding tert-OH is 2. The van der Waals surface area contributed by atoms with Crippen LogP contribution >= 0.6 is 0 Å². The first-order valence-corrected chi connectivity index (χ1v) is 11.2. The zero-order valence-corrected chi connectivity index (χ0v) is 14.9. The molecule has 1 aromatic heterocycles. The van der Waals surface area contributed by atoms with E-state index in [-0.39, 0.29) is 18.6 Å². The fraction of sp³-hybridized carbons (Fsp3) is 0.500. The van der Waals surface area contributed by atoms with Gasteiger partial charge in [-0.2, -0.15) is 0 Å². The van der Waals surface area contributed by atoms with Gasteiger partial charge in [0, 0.05) is 12.6 Å². The maximum absolute atomic E-state index is 12.0. The first-order chi connectivity index (χ1) is 11.2. The Morgan fingerprint density at radius 3 is 2.75 bits per heavy atom. The maximum atomic E-state index is 12.0. The molecule has 1 aromatic rings. The Labute approximate surface area is 140 Å². The predicted octanol–water partition coefficient (Wildman–Crippen LogP) is 0.0713. The highest BCUT2D eigenvalue weighted by Crippen LogP contribution is 2.27. The zero-order valence-electron chi connectivity index (χ0n) is 13.9. The molecule has 2 rings (SSSR count). The lowest BCUT2D eigenvalue weighted by Crippen LogP contribution is -2.33. The number of aromatic nitrogens is 2. The van der Waals surface area contributed by atoms with Gasteiger partial charge in [-0.15, -0.1) is 5.54 Å². The number of nitrogens with zero attached hydrogens (tertiary/aromatic N) is 1. The second-order valence-electron chi connectivity index (χ2n) is 6.72. The van der Waals surface area contributed by atoms with Crippen molar-refractivity contribution >= 4 is 14.1 Å². The smallest absolute Gasteiger partial charge is 0.330 e. The monoisotopic (exact) mass is 350 g/mol. The van der Waals surface area contributed by atoms with Gasteiger partial charge in [0.1, 0.15) is 20.4 Å². The van der Waals surface area contributed by atoms with Crippen LogP contribution in [0.5, 0.6) is 0 Å². The molecule has 7 nitrogen and oxygen atoms in total. The summed E-state index contributed by atoms with van der Waals surface area (Å²) in [7, 11) is -1.49. The highest BCUT2D eigenvalue weighted by molar-refractivity contribution is 6.83. The molecule has 0 aliphatic carbocycles. The molecule has 0 radical (unpaired) electrons. The Morgan fingerprint density at radius 1 is 1.46 bits per heavy atom. The normalized spacial score (nSPS) is 24.1. The molecule has 1 aliphatic heterocycles. The van der Waals surface area contributed by atoms with Gasteiger partial charge in [0.15, 0.2) is 0 Å². The third-order valence-corrected chi connectivity index (χ3v) is 4.38. The van der Waals surface area contributed by atoms with Crippen LogP contribution < -0.4 is 11.2 Å². The Morgan fingerprint density at radius 2 is 2.17 bits per heavy atom. The summed E-state index contributed by atoms with van der Waals surface area (Å²) in [5.41, 5.74) is 2.28. The van der Waals surface area contributed by atoms with Gasteiger partial charge in [0.25, 0.3) is 5.56 Å². The van der Waals surface area contributed by atoms with Crippen LogP contribution in [0.1, 0.15) is 18.2 Å². The minimum atomic E-state index is -1.49. The second-order valence-corrected chi connectivity index (χ2v) is 11.5. The van der Waals surface area contributed by atoms with Gasteiger partial charge in [0.05, 0.1) is 18.3 Å². The van der Waals surface area contributed by atoms with E-state index in [9.17, 15) is 14.7 Å². The molecule has 24 heavy (non-hydrogen) atoms. The van der Waals surface area contributed by atoms with Crippen molar-refractivity contribution < 1.29 is 14.9 Å². The largest absolute Gasteiger partial charge is 0.394 e. The molecular formula is C16H22N2O5Si. The molecular weight excluding hydrogens is 328 g/mol. The third kappa shape index (κ3) is 4.55. The van der Waals surface area contributed by atoms with Crippen molar-refractivity contribution in [2.24, 2.45) is 0 Å². The summed E-state index contributed by atoms with van der Waals surface area (Å²) in [5.74, 6) is 2.91. The van der Waals surface area contributed by atoms with Gasteiger partial charge < -0.3 is 14.9 Å². The summed E-state index contributed by atoms with van der Waals surface area (Å²) in [6, 6.07) is 0. The van der Waals surface area contributed by atoms with E-state index >= 15 is 0 Å². The van der Waals surface area contributed by atoms with E-state index in [2.05, 4.69) is 36.1 Å². The molecule has 0 unspecified atom stereocenters. The number of hydrogen-bond acceptors (Lipinski definition) is 5. The molecule has 0 bridgehead atoms. The van der Waals surface area contributed by atoms with E-state index in [4.69, 9.17) is 9.84 Å². The van der Waals surface area contributed by atoms with Gasteiger partial charge in [0.2, 0.25) is 0 Å². The van der Waals surface area contributed by atoms with Crippen molar-refractivity contribution in [1.29, 1.82) is 0 Å². The van der Waals surface area contributed by atoms with Crippen molar-refractivity contribution in [2.75, 3.05) is 6.61 Å². The Kier molecular flexibility index (Phi) is 5.61. The van der Waals surface area contributed by atoms with Crippen LogP contribution in [-0.4, -0.2) is 46.7 Å². The first kappa shape index (κ1) is 18.4. The molecule has 0 spiro atoms. The molecule has 1 saturated heterocycles. The van der Waals surface area contributed by atoms with Crippen molar-refractivity contribution in [3.05, 3.63) is 38.7 Å². The summed E-state index contributed by atoms with van der Waals surface area (Å²) in [4.78, 5) is 26.1. The first-order valence-electron chi connectivity index (χ1n) is 7.70. The van der Waals surface area contributed by atoms with Gasteiger partial charge >= 0.3 is 5.69 Å². The van der Waals surface area contributed by atoms with E-state index in [0.29, 0.717) is 0 Å². The second kappa shape index (κ2) is 7.32. The molecule has 0 aromatic carbocycles. The van der Waals surface area contributed by atoms with E-state index in [0.717, 1.165) is 0 Å². The molecule has 0 saturated carbocycles. The van der Waals surface area contributed by atoms with Crippen LogP contribution in [0.2, 0.25) is 19.6 Å². The van der Waals surface area contributed by atoms with Gasteiger partial charge in [-0.05, 0) is 12.2 Å². The molecule has 0 amide bonds. The third-order valence-electron chi connectivity index (χ3n) is 3.48. The van der Waals surface area contributed by atoms with Gasteiger partial charge in [-0.1, -0.05) is 25.6 Å². The van der Waals surface area contributed by atoms with Crippen molar-refractivity contribution in [1.82, 2.24) is 9.55 Å². The Hall–Kier alpha value is -1.92. The van der Waals surface area contributed by atoms with Crippen LogP contribution in [0.25, 0.3) is 6.08 Å². The van der Waals surface area contributed by atoms with E-state index in [1.165, 1.54) is 16.8 Å². The number of ether oxygens (including phenoxy) is 1. The number of rotatable bonds is 3. The molecule has 3 N–H and O–H groups in total. The number of aromatic amines is 1. The average Bonchev–Trinajstić information content (AvgIpc) is 2.85. The number of nitrogens with one attached hydrogen (secondary N) is 1. The number of aliphatic hydroxyl groups is 2. The molecule has 1 aliphatic rings. The highest BCUT2D eigenvalue weighted by Gasteiger charge is 2.35. The Bertz CT molecular complexity index is 794. The lowest BCUT2D eigenvalue weighted by atomic mass is 10.2. The average molecular weight is 350 g/mol. The standard InChI is InChI=1S/C16H22N2O5Si/c1-24(2,3)7-5-4-6-11-9-18(16(22)17-15(11)21)14-8-12(20)13(10-19)23-14/h4,6,9,12-14,19-20H,8,10H2,1-3H3,(H,17,21,22)/b6-4+/t12-,13-,14-/m1/s1. The summed E-state index contributed by atoms with van der Waals surface area (Å²) in [6.07, 6.45) is 2.33. The zero-order chi connectivity index (χ0) is 17.9. The molecule has 3 atom stereocenters. The Balaban J connectivity index is 2.29. The number of H-pyrrole nitrogens is 1. The minimum absolute atomic E-state index is 0.162. The fourth-order valence-electron chi connectivity index (χ4n) is 2.27. The van der Waals surface area contributed by atoms with Crippen molar-refractivity contribution in [2.45, 2.75) is 44.5 Å². The lowest BCUT2D eigenvalue weighted by Gasteiger charge is -2.14. The summed E-state index contributed by atoms with van der Waals surface area (Å²) in [6.45, 7) is 6.00. The minimum Gasteiger partial charge on any atom is -0.394 e. The predicted molar refractivity (Wildman–Crippen MR) is 93.1 cm³/mol. The van der Waals surface area contributed by atoms with Crippen LogP contribution in [0.3, 0.4) is 0 Å². The van der Waals surface area contributed by atoms with Crippen LogP contribution in [-0.2, 0) is 4.74 Å². The topological polar surface area (TPSA) is 105 Å². The molecule has 8 heteroatoms. The lowest BCUT2D eigenvalue weighted by molar-refractivity contribution is -0.0459. The summed E-state index contributed by atoms with van der Waals surface area (Å²) >= 11 is 0. The summed E-state index contributed by atoms with van der Waals surface area (Å²) < 4.78 is 6.66. The maximum Gasteiger partial charge on any atom is 0.330 e. The highest BCUT2D eigenvalue weighted by atomic mass is 28.3. The van der Waals surface area contributed by atoms with Crippen molar-refractivity contribution in [3.63, 3.8) is 0 Å².